The van der Waals surface area contributed by atoms with Crippen LogP contribution in [0.2, 0.25) is 0 Å². The Bertz CT molecular complexity index is 255. The minimum atomic E-state index is 0.585. The molecule has 1 heteroatoms. The molecule has 3 aliphatic rings. The number of fused-ring (bicyclic) bond motifs is 3. The molecule has 1 aliphatic heterocycles. The Hall–Kier alpha value is -0.0400. The van der Waals surface area contributed by atoms with Crippen LogP contribution in [0.1, 0.15) is 53.4 Å². The summed E-state index contributed by atoms with van der Waals surface area (Å²) < 4.78 is 6.53. The Labute approximate surface area is 106 Å². The van der Waals surface area contributed by atoms with Gasteiger partial charge in [0.1, 0.15) is 0 Å². The second-order valence-electron chi connectivity index (χ2n) is 7.22. The maximum atomic E-state index is 6.53. The maximum Gasteiger partial charge on any atom is 0.0638 e. The number of hydrogen-bond acceptors (Lipinski definition) is 1. The average molecular weight is 236 g/mol. The molecule has 8 unspecified atom stereocenters. The van der Waals surface area contributed by atoms with Crippen molar-refractivity contribution < 1.29 is 4.74 Å². The molecule has 17 heavy (non-hydrogen) atoms. The van der Waals surface area contributed by atoms with Crippen molar-refractivity contribution in [3.05, 3.63) is 0 Å². The van der Waals surface area contributed by atoms with Crippen LogP contribution in [0.4, 0.5) is 0 Å². The van der Waals surface area contributed by atoms with Gasteiger partial charge in [-0.25, -0.2) is 0 Å². The van der Waals surface area contributed by atoms with Gasteiger partial charge in [-0.2, -0.15) is 0 Å². The molecule has 1 heterocycles. The lowest BCUT2D eigenvalue weighted by molar-refractivity contribution is -0.0612. The lowest BCUT2D eigenvalue weighted by Crippen LogP contribution is -2.37. The highest BCUT2D eigenvalue weighted by Gasteiger charge is 2.52. The summed E-state index contributed by atoms with van der Waals surface area (Å²) in [6, 6.07) is 0. The van der Waals surface area contributed by atoms with E-state index in [1.807, 2.05) is 0 Å². The summed E-state index contributed by atoms with van der Waals surface area (Å²) in [6.45, 7) is 9.68. The molecule has 0 radical (unpaired) electrons. The molecule has 3 fully saturated rings. The average Bonchev–Trinajstić information content (AvgIpc) is 2.69. The molecule has 0 amide bonds. The molecule has 0 aromatic carbocycles. The fraction of sp³-hybridized carbons (Fsp3) is 1.00. The molecule has 3 rings (SSSR count). The Morgan fingerprint density at radius 2 is 1.06 bits per heavy atom. The predicted octanol–water partition coefficient (Wildman–Crippen LogP) is 4.12. The highest BCUT2D eigenvalue weighted by atomic mass is 16.5. The summed E-state index contributed by atoms with van der Waals surface area (Å²) in [5.74, 6) is 5.07. The number of hydrogen-bond donors (Lipinski definition) is 0. The van der Waals surface area contributed by atoms with E-state index in [4.69, 9.17) is 4.74 Å². The van der Waals surface area contributed by atoms with E-state index in [0.29, 0.717) is 12.2 Å². The Kier molecular flexibility index (Phi) is 3.01. The first-order chi connectivity index (χ1) is 8.09. The predicted molar refractivity (Wildman–Crippen MR) is 70.8 cm³/mol. The first-order valence-corrected chi connectivity index (χ1v) is 7.75. The van der Waals surface area contributed by atoms with Crippen LogP contribution < -0.4 is 0 Å². The molecule has 0 bridgehead atoms. The quantitative estimate of drug-likeness (QED) is 0.615. The third-order valence-electron chi connectivity index (χ3n) is 6.45. The normalized spacial score (nSPS) is 58.6. The monoisotopic (exact) mass is 236 g/mol. The molecule has 0 aromatic rings. The summed E-state index contributed by atoms with van der Waals surface area (Å²) in [5.41, 5.74) is 0. The van der Waals surface area contributed by atoms with Crippen molar-refractivity contribution >= 4 is 0 Å². The Morgan fingerprint density at radius 1 is 0.647 bits per heavy atom. The summed E-state index contributed by atoms with van der Waals surface area (Å²) in [5, 5.41) is 0. The van der Waals surface area contributed by atoms with Crippen LogP contribution in [0.25, 0.3) is 0 Å². The van der Waals surface area contributed by atoms with Gasteiger partial charge in [-0.1, -0.05) is 27.7 Å². The topological polar surface area (TPSA) is 9.23 Å². The van der Waals surface area contributed by atoms with Gasteiger partial charge in [0.2, 0.25) is 0 Å². The van der Waals surface area contributed by atoms with E-state index < -0.39 is 0 Å². The third-order valence-corrected chi connectivity index (χ3v) is 6.45. The summed E-state index contributed by atoms with van der Waals surface area (Å²) in [7, 11) is 0. The highest BCUT2D eigenvalue weighted by Crippen LogP contribution is 2.52. The van der Waals surface area contributed by atoms with Crippen LogP contribution >= 0.6 is 0 Å². The maximum absolute atomic E-state index is 6.53. The van der Waals surface area contributed by atoms with E-state index in [0.717, 1.165) is 35.5 Å². The molecule has 0 aromatic heterocycles. The van der Waals surface area contributed by atoms with Gasteiger partial charge in [-0.05, 0) is 61.2 Å². The van der Waals surface area contributed by atoms with Crippen molar-refractivity contribution in [1.82, 2.24) is 0 Å². The number of ether oxygens (including phenoxy) is 1. The highest BCUT2D eigenvalue weighted by molar-refractivity contribution is 5.00. The fourth-order valence-corrected chi connectivity index (χ4v) is 4.74. The van der Waals surface area contributed by atoms with Crippen molar-refractivity contribution in [1.29, 1.82) is 0 Å². The molecule has 2 aliphatic carbocycles. The second kappa shape index (κ2) is 4.26. The van der Waals surface area contributed by atoms with Gasteiger partial charge < -0.3 is 4.74 Å². The van der Waals surface area contributed by atoms with Crippen LogP contribution in [0.3, 0.4) is 0 Å². The van der Waals surface area contributed by atoms with Gasteiger partial charge in [0, 0.05) is 0 Å². The van der Waals surface area contributed by atoms with E-state index in [2.05, 4.69) is 27.7 Å². The fourth-order valence-electron chi connectivity index (χ4n) is 4.74. The molecule has 0 N–H and O–H groups in total. The standard InChI is InChI=1S/C16H28O/c1-9-5-7-13-14-8-6-10(2)12(4)16(14)17-15(13)11(9)3/h9-16H,5-8H2,1-4H3. The van der Waals surface area contributed by atoms with Crippen molar-refractivity contribution in [3.8, 4) is 0 Å². The third kappa shape index (κ3) is 1.77. The second-order valence-corrected chi connectivity index (χ2v) is 7.22. The lowest BCUT2D eigenvalue weighted by Gasteiger charge is -2.38. The van der Waals surface area contributed by atoms with Crippen molar-refractivity contribution in [2.45, 2.75) is 65.6 Å². The van der Waals surface area contributed by atoms with Gasteiger partial charge in [0.15, 0.2) is 0 Å². The van der Waals surface area contributed by atoms with Gasteiger partial charge in [0.05, 0.1) is 12.2 Å². The van der Waals surface area contributed by atoms with Crippen LogP contribution in [-0.4, -0.2) is 12.2 Å². The van der Waals surface area contributed by atoms with E-state index in [1.165, 1.54) is 25.7 Å². The zero-order valence-corrected chi connectivity index (χ0v) is 11.9. The van der Waals surface area contributed by atoms with Crippen LogP contribution in [0, 0.1) is 35.5 Å². The van der Waals surface area contributed by atoms with Gasteiger partial charge in [-0.15, -0.1) is 0 Å². The minimum Gasteiger partial charge on any atom is -0.374 e. The molecule has 1 saturated heterocycles. The molecular weight excluding hydrogens is 208 g/mol. The zero-order valence-electron chi connectivity index (χ0n) is 11.9. The molecule has 0 spiro atoms. The van der Waals surface area contributed by atoms with Crippen LogP contribution in [-0.2, 0) is 4.74 Å². The van der Waals surface area contributed by atoms with E-state index in [1.54, 1.807) is 0 Å². The number of rotatable bonds is 0. The van der Waals surface area contributed by atoms with Gasteiger partial charge in [-0.3, -0.25) is 0 Å². The molecule has 8 atom stereocenters. The zero-order chi connectivity index (χ0) is 12.2. The summed E-state index contributed by atoms with van der Waals surface area (Å²) in [4.78, 5) is 0. The van der Waals surface area contributed by atoms with E-state index >= 15 is 0 Å². The smallest absolute Gasteiger partial charge is 0.0638 e. The molecular formula is C16H28O. The SMILES string of the molecule is CC1CCC2C3CCC(C)C(C)C3OC2C1C. The Morgan fingerprint density at radius 3 is 1.47 bits per heavy atom. The molecule has 1 nitrogen and oxygen atoms in total. The van der Waals surface area contributed by atoms with Gasteiger partial charge >= 0.3 is 0 Å². The molecule has 2 saturated carbocycles. The Balaban J connectivity index is 1.81. The summed E-state index contributed by atoms with van der Waals surface area (Å²) in [6.07, 6.45) is 6.89. The van der Waals surface area contributed by atoms with Gasteiger partial charge in [0.25, 0.3) is 0 Å². The van der Waals surface area contributed by atoms with Crippen LogP contribution in [0.5, 0.6) is 0 Å². The first kappa shape index (κ1) is 12.0. The van der Waals surface area contributed by atoms with E-state index in [-0.39, 0.29) is 0 Å². The van der Waals surface area contributed by atoms with Crippen molar-refractivity contribution in [3.63, 3.8) is 0 Å². The largest absolute Gasteiger partial charge is 0.374 e. The minimum absolute atomic E-state index is 0.585. The molecule has 98 valence electrons. The lowest BCUT2D eigenvalue weighted by atomic mass is 9.64. The van der Waals surface area contributed by atoms with Crippen molar-refractivity contribution in [2.24, 2.45) is 35.5 Å². The first-order valence-electron chi connectivity index (χ1n) is 7.75. The van der Waals surface area contributed by atoms with E-state index in [9.17, 15) is 0 Å². The van der Waals surface area contributed by atoms with Crippen LogP contribution in [0.15, 0.2) is 0 Å². The van der Waals surface area contributed by atoms with Crippen molar-refractivity contribution in [2.75, 3.05) is 0 Å². The summed E-state index contributed by atoms with van der Waals surface area (Å²) >= 11 is 0.